The van der Waals surface area contributed by atoms with Crippen molar-refractivity contribution >= 4 is 51.2 Å². The first-order chi connectivity index (χ1) is 10.2. The van der Waals surface area contributed by atoms with Gasteiger partial charge in [-0.3, -0.25) is 14.1 Å². The number of fused-ring (bicyclic) bond motifs is 2. The standard InChI is InChI=1S/C14H8O7S.Na.H/c15-11-6-3-1-2-4-7(6)12(16)10-8(11)5-9(22(19,20)21)13(17)14(10)18;;/h1-5,17-18H,(H,19,20,21);;. The van der Waals surface area contributed by atoms with Gasteiger partial charge in [0.25, 0.3) is 10.1 Å². The summed E-state index contributed by atoms with van der Waals surface area (Å²) in [6, 6.07) is 6.49. The van der Waals surface area contributed by atoms with Crippen LogP contribution in [0.5, 0.6) is 11.5 Å². The van der Waals surface area contributed by atoms with Crippen molar-refractivity contribution in [1.29, 1.82) is 0 Å². The van der Waals surface area contributed by atoms with Gasteiger partial charge in [0.1, 0.15) is 4.90 Å². The fraction of sp³-hybridized carbons (Fsp3) is 0. The van der Waals surface area contributed by atoms with Gasteiger partial charge in [0.05, 0.1) is 5.56 Å². The predicted octanol–water partition coefficient (Wildman–Crippen LogP) is 0.471. The molecule has 0 atom stereocenters. The quantitative estimate of drug-likeness (QED) is 0.332. The van der Waals surface area contributed by atoms with Crippen molar-refractivity contribution in [2.24, 2.45) is 0 Å². The van der Waals surface area contributed by atoms with E-state index in [1.54, 1.807) is 0 Å². The fourth-order valence-electron chi connectivity index (χ4n) is 2.40. The molecule has 0 unspecified atom stereocenters. The van der Waals surface area contributed by atoms with E-state index >= 15 is 0 Å². The van der Waals surface area contributed by atoms with E-state index in [1.165, 1.54) is 24.3 Å². The summed E-state index contributed by atoms with van der Waals surface area (Å²) in [6.07, 6.45) is 0. The third-order valence-electron chi connectivity index (χ3n) is 3.41. The molecule has 0 heterocycles. The number of benzene rings is 2. The topological polar surface area (TPSA) is 129 Å². The second kappa shape index (κ2) is 5.73. The van der Waals surface area contributed by atoms with E-state index in [-0.39, 0.29) is 40.7 Å². The molecule has 3 N–H and O–H groups in total. The molecule has 7 nitrogen and oxygen atoms in total. The zero-order valence-corrected chi connectivity index (χ0v) is 11.6. The summed E-state index contributed by atoms with van der Waals surface area (Å²) in [5, 5.41) is 19.6. The van der Waals surface area contributed by atoms with Gasteiger partial charge in [0.2, 0.25) is 0 Å². The molecule has 2 aromatic carbocycles. The number of ketones is 2. The van der Waals surface area contributed by atoms with E-state index in [9.17, 15) is 28.2 Å². The Morgan fingerprint density at radius 1 is 0.826 bits per heavy atom. The Balaban J connectivity index is 0.00000192. The van der Waals surface area contributed by atoms with Crippen LogP contribution >= 0.6 is 0 Å². The summed E-state index contributed by atoms with van der Waals surface area (Å²) < 4.78 is 31.5. The average molecular weight is 344 g/mol. The molecule has 2 aromatic rings. The molecule has 114 valence electrons. The first-order valence-electron chi connectivity index (χ1n) is 5.98. The maximum absolute atomic E-state index is 12.4. The maximum atomic E-state index is 12.4. The van der Waals surface area contributed by atoms with Crippen LogP contribution in [0.25, 0.3) is 0 Å². The molecule has 1 aliphatic carbocycles. The van der Waals surface area contributed by atoms with Gasteiger partial charge in [-0.05, 0) is 6.07 Å². The van der Waals surface area contributed by atoms with Crippen LogP contribution in [0.4, 0.5) is 0 Å². The van der Waals surface area contributed by atoms with E-state index in [1.807, 2.05) is 0 Å². The molecule has 0 amide bonds. The van der Waals surface area contributed by atoms with Crippen molar-refractivity contribution in [2.45, 2.75) is 4.90 Å². The van der Waals surface area contributed by atoms with Gasteiger partial charge in [0, 0.05) is 16.7 Å². The number of phenols is 2. The van der Waals surface area contributed by atoms with Crippen LogP contribution in [0.2, 0.25) is 0 Å². The average Bonchev–Trinajstić information content (AvgIpc) is 2.46. The molecule has 0 aliphatic heterocycles. The van der Waals surface area contributed by atoms with Gasteiger partial charge < -0.3 is 10.2 Å². The Morgan fingerprint density at radius 2 is 1.35 bits per heavy atom. The SMILES string of the molecule is O=C1c2ccccc2C(=O)c2c1cc(S(=O)(=O)O)c(O)c2O.[NaH]. The second-order valence-electron chi connectivity index (χ2n) is 4.67. The van der Waals surface area contributed by atoms with E-state index in [2.05, 4.69) is 0 Å². The van der Waals surface area contributed by atoms with Crippen LogP contribution in [0.3, 0.4) is 0 Å². The molecule has 9 heteroatoms. The number of phenolic OH excluding ortho intramolecular Hbond substituents is 2. The normalized spacial score (nSPS) is 13.1. The predicted molar refractivity (Wildman–Crippen MR) is 80.0 cm³/mol. The summed E-state index contributed by atoms with van der Waals surface area (Å²) >= 11 is 0. The van der Waals surface area contributed by atoms with Gasteiger partial charge in [-0.2, -0.15) is 8.42 Å². The van der Waals surface area contributed by atoms with E-state index in [0.717, 1.165) is 0 Å². The third kappa shape index (κ3) is 2.58. The molecular formula is C14H9NaO7S. The van der Waals surface area contributed by atoms with Crippen molar-refractivity contribution in [1.82, 2.24) is 0 Å². The summed E-state index contributed by atoms with van der Waals surface area (Å²) in [4.78, 5) is 23.7. The van der Waals surface area contributed by atoms with Gasteiger partial charge in [-0.25, -0.2) is 0 Å². The van der Waals surface area contributed by atoms with Gasteiger partial charge >= 0.3 is 29.6 Å². The molecule has 0 aromatic heterocycles. The first-order valence-corrected chi connectivity index (χ1v) is 7.42. The van der Waals surface area contributed by atoms with E-state index < -0.39 is 49.2 Å². The minimum absolute atomic E-state index is 0. The van der Waals surface area contributed by atoms with E-state index in [0.29, 0.717) is 6.07 Å². The molecule has 23 heavy (non-hydrogen) atoms. The zero-order valence-electron chi connectivity index (χ0n) is 10.8. The number of hydrogen-bond acceptors (Lipinski definition) is 6. The molecule has 0 fully saturated rings. The van der Waals surface area contributed by atoms with Crippen molar-refractivity contribution in [3.63, 3.8) is 0 Å². The van der Waals surface area contributed by atoms with Crippen LogP contribution in [0.1, 0.15) is 31.8 Å². The monoisotopic (exact) mass is 344 g/mol. The van der Waals surface area contributed by atoms with Crippen molar-refractivity contribution < 1.29 is 32.8 Å². The van der Waals surface area contributed by atoms with Crippen LogP contribution in [-0.2, 0) is 10.1 Å². The summed E-state index contributed by atoms with van der Waals surface area (Å²) in [5.74, 6) is -3.65. The molecule has 0 saturated carbocycles. The van der Waals surface area contributed by atoms with Crippen molar-refractivity contribution in [3.8, 4) is 11.5 Å². The Hall–Kier alpha value is -1.71. The third-order valence-corrected chi connectivity index (χ3v) is 4.27. The van der Waals surface area contributed by atoms with Gasteiger partial charge in [0.15, 0.2) is 23.1 Å². The van der Waals surface area contributed by atoms with Gasteiger partial charge in [-0.15, -0.1) is 0 Å². The van der Waals surface area contributed by atoms with Crippen molar-refractivity contribution in [3.05, 3.63) is 52.6 Å². The zero-order chi connectivity index (χ0) is 16.2. The van der Waals surface area contributed by atoms with Crippen LogP contribution in [-0.4, -0.2) is 64.3 Å². The van der Waals surface area contributed by atoms with E-state index in [4.69, 9.17) is 4.55 Å². The Bertz CT molecular complexity index is 963. The number of rotatable bonds is 1. The Morgan fingerprint density at radius 3 is 1.87 bits per heavy atom. The molecule has 0 saturated heterocycles. The Kier molecular flexibility index (Phi) is 4.40. The number of carbonyl (C=O) groups excluding carboxylic acids is 2. The molecule has 3 rings (SSSR count). The van der Waals surface area contributed by atoms with Crippen LogP contribution in [0.15, 0.2) is 35.2 Å². The summed E-state index contributed by atoms with van der Waals surface area (Å²) in [5.41, 5.74) is -0.805. The molecule has 0 bridgehead atoms. The minimum atomic E-state index is -4.88. The van der Waals surface area contributed by atoms with Crippen LogP contribution in [0, 0.1) is 0 Å². The van der Waals surface area contributed by atoms with Crippen molar-refractivity contribution in [2.75, 3.05) is 0 Å². The number of aromatic hydroxyl groups is 2. The summed E-state index contributed by atoms with van der Waals surface area (Å²) in [7, 11) is -4.88. The van der Waals surface area contributed by atoms with Gasteiger partial charge in [-0.1, -0.05) is 24.3 Å². The number of carbonyl (C=O) groups is 2. The molecule has 0 spiro atoms. The second-order valence-corrected chi connectivity index (χ2v) is 6.06. The molecular weight excluding hydrogens is 335 g/mol. The Labute approximate surface area is 152 Å². The molecule has 1 aliphatic rings. The fourth-order valence-corrected chi connectivity index (χ4v) is 3.01. The first kappa shape index (κ1) is 17.6. The number of hydrogen-bond donors (Lipinski definition) is 3. The summed E-state index contributed by atoms with van der Waals surface area (Å²) in [6.45, 7) is 0. The van der Waals surface area contributed by atoms with Crippen LogP contribution < -0.4 is 0 Å². The molecule has 0 radical (unpaired) electrons.